The summed E-state index contributed by atoms with van der Waals surface area (Å²) in [6, 6.07) is 44.0. The van der Waals surface area contributed by atoms with Crippen LogP contribution in [0.3, 0.4) is 0 Å². The second-order valence-corrected chi connectivity index (χ2v) is 23.5. The minimum Gasteiger partial charge on any atom is -0.358 e. The van der Waals surface area contributed by atoms with E-state index in [0.29, 0.717) is 94.5 Å². The van der Waals surface area contributed by atoms with Crippen molar-refractivity contribution < 1.29 is 28.8 Å². The van der Waals surface area contributed by atoms with Crippen LogP contribution in [0.1, 0.15) is 135 Å². The largest absolute Gasteiger partial charge is 0.358 e. The maximum Gasteiger partial charge on any atom is 0.246 e. The number of hydrogen-bond acceptors (Lipinski definition) is 9. The van der Waals surface area contributed by atoms with E-state index in [0.717, 1.165) is 102 Å². The molecule has 3 heterocycles. The third kappa shape index (κ3) is 17.7. The summed E-state index contributed by atoms with van der Waals surface area (Å²) in [7, 11) is 0. The molecule has 484 valence electrons. The van der Waals surface area contributed by atoms with Gasteiger partial charge in [-0.1, -0.05) is 112 Å². The lowest BCUT2D eigenvalue weighted by molar-refractivity contribution is -0.126. The van der Waals surface area contributed by atoms with E-state index in [-0.39, 0.29) is 73.0 Å². The number of amides is 6. The van der Waals surface area contributed by atoms with Crippen molar-refractivity contribution >= 4 is 97.6 Å². The van der Waals surface area contributed by atoms with Gasteiger partial charge in [0.2, 0.25) is 35.4 Å². The molecule has 18 nitrogen and oxygen atoms in total. The number of halogens is 1. The van der Waals surface area contributed by atoms with Crippen LogP contribution in [-0.4, -0.2) is 88.2 Å². The molecule has 0 saturated carbocycles. The van der Waals surface area contributed by atoms with Crippen molar-refractivity contribution in [3.8, 4) is 0 Å². The molecule has 6 aromatic carbocycles. The van der Waals surface area contributed by atoms with E-state index in [9.17, 15) is 28.8 Å². The zero-order valence-corrected chi connectivity index (χ0v) is 53.8. The fourth-order valence-corrected chi connectivity index (χ4v) is 12.3. The van der Waals surface area contributed by atoms with Crippen molar-refractivity contribution in [2.45, 2.75) is 141 Å². The van der Waals surface area contributed by atoms with Crippen LogP contribution >= 0.6 is 12.4 Å². The minimum atomic E-state index is -0.812. The number of fused-ring (bicyclic) bond motifs is 3. The zero-order chi connectivity index (χ0) is 64.2. The topological polar surface area (TPSA) is 300 Å². The number of unbranched alkanes of at least 4 members (excludes halogenated alkanes) is 3. The third-order valence-electron chi connectivity index (χ3n) is 17.1. The van der Waals surface area contributed by atoms with Gasteiger partial charge < -0.3 is 64.1 Å². The number of aromatic amines is 3. The van der Waals surface area contributed by atoms with E-state index >= 15 is 0 Å². The quantitative estimate of drug-likeness (QED) is 0.0137. The molecule has 92 heavy (non-hydrogen) atoms. The smallest absolute Gasteiger partial charge is 0.246 e. The number of carbonyl (C=O) groups is 6. The predicted octanol–water partition coefficient (Wildman–Crippen LogP) is 10.8. The van der Waals surface area contributed by atoms with Crippen molar-refractivity contribution in [1.29, 1.82) is 0 Å². The van der Waals surface area contributed by atoms with Crippen LogP contribution in [0.5, 0.6) is 0 Å². The Labute approximate surface area is 544 Å². The number of rotatable bonds is 33. The van der Waals surface area contributed by atoms with Crippen molar-refractivity contribution in [2.75, 3.05) is 35.6 Å². The second-order valence-electron chi connectivity index (χ2n) is 23.5. The van der Waals surface area contributed by atoms with Gasteiger partial charge in [-0.05, 0) is 185 Å². The fraction of sp³-hybridized carbons (Fsp3) is 0.342. The highest BCUT2D eigenvalue weighted by Gasteiger charge is 2.27. The van der Waals surface area contributed by atoms with Gasteiger partial charge in [0.05, 0.1) is 19.3 Å². The zero-order valence-electron chi connectivity index (χ0n) is 53.0. The Morgan fingerprint density at radius 2 is 0.630 bits per heavy atom. The molecule has 0 aliphatic heterocycles. The molecule has 0 aliphatic rings. The number of para-hydroxylation sites is 3. The molecule has 3 aromatic heterocycles. The molecule has 3 atom stereocenters. The third-order valence-corrected chi connectivity index (χ3v) is 17.1. The Morgan fingerprint density at radius 1 is 0.370 bits per heavy atom. The highest BCUT2D eigenvalue weighted by atomic mass is 35.5. The molecule has 0 saturated heterocycles. The first-order valence-electron chi connectivity index (χ1n) is 32.3. The molecule has 6 amide bonds. The predicted molar refractivity (Wildman–Crippen MR) is 372 cm³/mol. The Kier molecular flexibility index (Phi) is 25.3. The Balaban J connectivity index is 0.0000109. The Bertz CT molecular complexity index is 3530. The van der Waals surface area contributed by atoms with Gasteiger partial charge in [-0.3, -0.25) is 28.8 Å². The average molecular weight is 1270 g/mol. The van der Waals surface area contributed by atoms with Crippen molar-refractivity contribution in [3.05, 3.63) is 196 Å². The van der Waals surface area contributed by atoms with Gasteiger partial charge >= 0.3 is 0 Å². The fourth-order valence-electron chi connectivity index (χ4n) is 12.3. The average Bonchev–Trinajstić information content (AvgIpc) is 1.65. The highest BCUT2D eigenvalue weighted by Crippen LogP contribution is 2.35. The van der Waals surface area contributed by atoms with E-state index in [1.807, 2.05) is 166 Å². The summed E-state index contributed by atoms with van der Waals surface area (Å²) in [5.74, 6) is -2.19. The van der Waals surface area contributed by atoms with Crippen molar-refractivity contribution in [3.63, 3.8) is 0 Å². The summed E-state index contributed by atoms with van der Waals surface area (Å²) in [6.45, 7) is 7.51. The number of carbonyl (C=O) groups excluding carboxylic acids is 6. The molecular formula is C73H89ClN12O6. The van der Waals surface area contributed by atoms with Crippen LogP contribution in [0.25, 0.3) is 32.7 Å². The lowest BCUT2D eigenvalue weighted by Gasteiger charge is -2.22. The van der Waals surface area contributed by atoms with Crippen LogP contribution in [0, 0.1) is 0 Å². The van der Waals surface area contributed by atoms with Crippen LogP contribution < -0.4 is 49.1 Å². The summed E-state index contributed by atoms with van der Waals surface area (Å²) in [5, 5.41) is 21.2. The molecule has 19 heteroatoms. The van der Waals surface area contributed by atoms with Gasteiger partial charge in [0.1, 0.15) is 18.1 Å². The van der Waals surface area contributed by atoms with Crippen molar-refractivity contribution in [2.24, 2.45) is 17.2 Å². The Morgan fingerprint density at radius 3 is 0.880 bits per heavy atom. The van der Waals surface area contributed by atoms with Crippen LogP contribution in [0.2, 0.25) is 0 Å². The number of hydrogen-bond donors (Lipinski definition) is 12. The van der Waals surface area contributed by atoms with Gasteiger partial charge in [-0.25, -0.2) is 0 Å². The summed E-state index contributed by atoms with van der Waals surface area (Å²) in [6.07, 6.45) is 7.75. The standard InChI is InChI=1S/C73H88N12O6.ClH/c1-4-58-55(52-19-7-10-22-61(52)80-58)43-67(86)83-64(25-13-16-40-74)71(89)77-49-34-28-46(29-35-49)70(47-30-36-50(37-31-47)78-72(90)65(26-14-17-41-75)84-68(87)44-56-53-20-8-11-23-62(53)81-59(56)5-2)48-32-38-51(39-33-48)79-73(91)66(27-15-18-42-76)85-69(88)45-57-54-21-9-12-24-63(54)82-60(57)6-3;/h7-12,19-24,28-39,64-66,70,80-82H,4-6,13-18,25-27,40-45,74-76H2,1-3H3,(H,77,89)(H,78,90)(H,79,91)(H,83,86)(H,84,87)(H,85,88);1H/t64-,65-,66-;/m1./s1. The first-order chi connectivity index (χ1) is 44.3. The molecule has 9 aromatic rings. The number of nitrogens with two attached hydrogens (primary N) is 3. The monoisotopic (exact) mass is 1260 g/mol. The van der Waals surface area contributed by atoms with Gasteiger partial charge in [-0.15, -0.1) is 12.4 Å². The van der Waals surface area contributed by atoms with Crippen LogP contribution in [0.15, 0.2) is 146 Å². The molecule has 0 fully saturated rings. The number of H-pyrrole nitrogens is 3. The lowest BCUT2D eigenvalue weighted by atomic mass is 9.85. The van der Waals surface area contributed by atoms with Gasteiger partial charge in [0.15, 0.2) is 0 Å². The van der Waals surface area contributed by atoms with Crippen LogP contribution in [-0.2, 0) is 67.3 Å². The number of nitrogens with one attached hydrogen (secondary N) is 9. The number of aryl methyl sites for hydroxylation is 3. The van der Waals surface area contributed by atoms with E-state index in [1.54, 1.807) is 0 Å². The van der Waals surface area contributed by atoms with E-state index < -0.39 is 18.1 Å². The first-order valence-corrected chi connectivity index (χ1v) is 32.3. The van der Waals surface area contributed by atoms with Crippen LogP contribution in [0.4, 0.5) is 17.1 Å². The van der Waals surface area contributed by atoms with E-state index in [2.05, 4.69) is 46.9 Å². The van der Waals surface area contributed by atoms with Gasteiger partial charge in [0, 0.05) is 72.8 Å². The van der Waals surface area contributed by atoms with Gasteiger partial charge in [0.25, 0.3) is 0 Å². The molecule has 0 spiro atoms. The lowest BCUT2D eigenvalue weighted by Crippen LogP contribution is -2.44. The van der Waals surface area contributed by atoms with E-state index in [1.165, 1.54) is 0 Å². The van der Waals surface area contributed by atoms with Gasteiger partial charge in [-0.2, -0.15) is 0 Å². The molecule has 9 rings (SSSR count). The SMILES string of the molecule is CCc1[nH]c2ccccc2c1CC(=O)N[C@H](CCCCN)C(=O)Nc1ccc(C(c2ccc(NC(=O)[C@@H](CCCCN)NC(=O)Cc3c(CC)[nH]c4ccccc34)cc2)c2ccc(NC(=O)[C@@H](CCCCN)NC(=O)Cc3c(CC)[nH]c4ccccc34)cc2)cc1.Cl. The maximum atomic E-state index is 14.2. The summed E-state index contributed by atoms with van der Waals surface area (Å²) in [5.41, 5.74) is 30.4. The molecule has 0 radical (unpaired) electrons. The molecule has 0 bridgehead atoms. The summed E-state index contributed by atoms with van der Waals surface area (Å²) in [4.78, 5) is 94.2. The van der Waals surface area contributed by atoms with Crippen molar-refractivity contribution in [1.82, 2.24) is 30.9 Å². The normalized spacial score (nSPS) is 12.3. The highest BCUT2D eigenvalue weighted by molar-refractivity contribution is 6.01. The molecule has 0 unspecified atom stereocenters. The first kappa shape index (κ1) is 68.8. The number of anilines is 3. The number of benzene rings is 6. The Hall–Kier alpha value is -9.07. The molecule has 0 aliphatic carbocycles. The molecular weight excluding hydrogens is 1180 g/mol. The number of aromatic nitrogens is 3. The molecule has 15 N–H and O–H groups in total. The maximum absolute atomic E-state index is 14.2. The summed E-state index contributed by atoms with van der Waals surface area (Å²) < 4.78 is 0. The van der Waals surface area contributed by atoms with E-state index in [4.69, 9.17) is 17.2 Å². The summed E-state index contributed by atoms with van der Waals surface area (Å²) >= 11 is 0. The minimum absolute atomic E-state index is 0. The second kappa shape index (κ2) is 33.8.